The lowest BCUT2D eigenvalue weighted by Crippen LogP contribution is -2.49. The predicted octanol–water partition coefficient (Wildman–Crippen LogP) is 3.98. The van der Waals surface area contributed by atoms with Crippen molar-refractivity contribution in [3.05, 3.63) is 0 Å². The van der Waals surface area contributed by atoms with Gasteiger partial charge in [-0.05, 0) is 42.9 Å². The molecule has 0 aromatic rings. The molecule has 2 aliphatic carbocycles. The van der Waals surface area contributed by atoms with Gasteiger partial charge in [0.25, 0.3) is 0 Å². The summed E-state index contributed by atoms with van der Waals surface area (Å²) >= 11 is 0. The number of rotatable bonds is 2. The summed E-state index contributed by atoms with van der Waals surface area (Å²) in [6, 6.07) is 1.55. The van der Waals surface area contributed by atoms with Crippen molar-refractivity contribution in [1.82, 2.24) is 5.32 Å². The highest BCUT2D eigenvalue weighted by molar-refractivity contribution is 4.93. The largest absolute Gasteiger partial charge is 0.310 e. The first-order chi connectivity index (χ1) is 7.50. The van der Waals surface area contributed by atoms with Gasteiger partial charge >= 0.3 is 0 Å². The van der Waals surface area contributed by atoms with Crippen molar-refractivity contribution in [2.45, 2.75) is 78.3 Å². The Kier molecular flexibility index (Phi) is 3.63. The summed E-state index contributed by atoms with van der Waals surface area (Å²) < 4.78 is 0. The monoisotopic (exact) mass is 223 g/mol. The number of hydrogen-bond acceptors (Lipinski definition) is 1. The van der Waals surface area contributed by atoms with Crippen molar-refractivity contribution < 1.29 is 0 Å². The molecule has 0 bridgehead atoms. The Morgan fingerprint density at radius 1 is 1.00 bits per heavy atom. The van der Waals surface area contributed by atoms with E-state index in [1.54, 1.807) is 0 Å². The quantitative estimate of drug-likeness (QED) is 0.746. The minimum absolute atomic E-state index is 0.518. The third-order valence-corrected chi connectivity index (χ3v) is 5.39. The standard InChI is InChI=1S/C15H29N/c1-11-8-9-13(12(11)2)16-14-7-5-6-10-15(14,3)4/h11-14,16H,5-10H2,1-4H3. The summed E-state index contributed by atoms with van der Waals surface area (Å²) in [6.45, 7) is 9.75. The zero-order valence-corrected chi connectivity index (χ0v) is 11.6. The Bertz CT molecular complexity index is 234. The van der Waals surface area contributed by atoms with Crippen molar-refractivity contribution in [3.63, 3.8) is 0 Å². The summed E-state index contributed by atoms with van der Waals surface area (Å²) in [6.07, 6.45) is 8.48. The molecule has 2 saturated carbocycles. The van der Waals surface area contributed by atoms with Gasteiger partial charge in [-0.1, -0.05) is 40.5 Å². The molecule has 0 saturated heterocycles. The average molecular weight is 223 g/mol. The molecule has 1 nitrogen and oxygen atoms in total. The first kappa shape index (κ1) is 12.4. The second-order valence-electron chi connectivity index (χ2n) is 6.97. The van der Waals surface area contributed by atoms with Gasteiger partial charge in [0, 0.05) is 12.1 Å². The van der Waals surface area contributed by atoms with Crippen LogP contribution >= 0.6 is 0 Å². The normalized spacial score (nSPS) is 43.5. The highest BCUT2D eigenvalue weighted by Crippen LogP contribution is 2.38. The Labute approximate surface area is 101 Å². The molecule has 0 amide bonds. The minimum Gasteiger partial charge on any atom is -0.310 e. The topological polar surface area (TPSA) is 12.0 Å². The van der Waals surface area contributed by atoms with E-state index in [2.05, 4.69) is 33.0 Å². The van der Waals surface area contributed by atoms with Crippen molar-refractivity contribution in [2.24, 2.45) is 17.3 Å². The lowest BCUT2D eigenvalue weighted by Gasteiger charge is -2.41. The predicted molar refractivity (Wildman–Crippen MR) is 70.5 cm³/mol. The van der Waals surface area contributed by atoms with Crippen molar-refractivity contribution in [3.8, 4) is 0 Å². The van der Waals surface area contributed by atoms with E-state index in [4.69, 9.17) is 0 Å². The van der Waals surface area contributed by atoms with E-state index < -0.39 is 0 Å². The van der Waals surface area contributed by atoms with Crippen LogP contribution in [0.15, 0.2) is 0 Å². The van der Waals surface area contributed by atoms with Crippen LogP contribution in [0, 0.1) is 17.3 Å². The van der Waals surface area contributed by atoms with Gasteiger partial charge in [0.05, 0.1) is 0 Å². The molecule has 0 heterocycles. The van der Waals surface area contributed by atoms with E-state index in [-0.39, 0.29) is 0 Å². The summed E-state index contributed by atoms with van der Waals surface area (Å²) in [5, 5.41) is 3.99. The number of hydrogen-bond donors (Lipinski definition) is 1. The maximum absolute atomic E-state index is 3.99. The fourth-order valence-electron chi connectivity index (χ4n) is 3.66. The molecule has 1 heteroatoms. The van der Waals surface area contributed by atoms with E-state index in [0.717, 1.165) is 23.9 Å². The SMILES string of the molecule is CC1CCC(NC2CCCCC2(C)C)C1C. The molecule has 2 rings (SSSR count). The fourth-order valence-corrected chi connectivity index (χ4v) is 3.66. The lowest BCUT2D eigenvalue weighted by atomic mass is 9.73. The van der Waals surface area contributed by atoms with Gasteiger partial charge in [-0.15, -0.1) is 0 Å². The van der Waals surface area contributed by atoms with E-state index in [0.29, 0.717) is 5.41 Å². The fraction of sp³-hybridized carbons (Fsp3) is 1.00. The van der Waals surface area contributed by atoms with Gasteiger partial charge in [0.15, 0.2) is 0 Å². The summed E-state index contributed by atoms with van der Waals surface area (Å²) in [5.74, 6) is 1.79. The van der Waals surface area contributed by atoms with Gasteiger partial charge in [0.2, 0.25) is 0 Å². The van der Waals surface area contributed by atoms with E-state index in [1.165, 1.54) is 38.5 Å². The third-order valence-electron chi connectivity index (χ3n) is 5.39. The molecule has 2 fully saturated rings. The van der Waals surface area contributed by atoms with Crippen LogP contribution in [-0.2, 0) is 0 Å². The molecule has 4 unspecified atom stereocenters. The molecule has 0 radical (unpaired) electrons. The van der Waals surface area contributed by atoms with E-state index >= 15 is 0 Å². The summed E-state index contributed by atoms with van der Waals surface area (Å²) in [5.41, 5.74) is 0.518. The van der Waals surface area contributed by atoms with Crippen molar-refractivity contribution in [1.29, 1.82) is 0 Å². The van der Waals surface area contributed by atoms with Crippen LogP contribution in [0.5, 0.6) is 0 Å². The van der Waals surface area contributed by atoms with Crippen LogP contribution in [0.2, 0.25) is 0 Å². The van der Waals surface area contributed by atoms with Crippen LogP contribution < -0.4 is 5.32 Å². The lowest BCUT2D eigenvalue weighted by molar-refractivity contribution is 0.146. The molecular weight excluding hydrogens is 194 g/mol. The second-order valence-corrected chi connectivity index (χ2v) is 6.97. The van der Waals surface area contributed by atoms with E-state index in [1.807, 2.05) is 0 Å². The first-order valence-electron chi connectivity index (χ1n) is 7.27. The Morgan fingerprint density at radius 2 is 1.75 bits per heavy atom. The Balaban J connectivity index is 1.93. The smallest absolute Gasteiger partial charge is 0.0121 e. The molecule has 16 heavy (non-hydrogen) atoms. The molecule has 0 spiro atoms. The molecule has 0 aliphatic heterocycles. The Hall–Kier alpha value is -0.0400. The zero-order chi connectivity index (χ0) is 11.8. The summed E-state index contributed by atoms with van der Waals surface area (Å²) in [4.78, 5) is 0. The minimum atomic E-state index is 0.518. The average Bonchev–Trinajstić information content (AvgIpc) is 2.53. The van der Waals surface area contributed by atoms with Gasteiger partial charge in [0.1, 0.15) is 0 Å². The van der Waals surface area contributed by atoms with Crippen LogP contribution in [-0.4, -0.2) is 12.1 Å². The summed E-state index contributed by atoms with van der Waals surface area (Å²) in [7, 11) is 0. The molecule has 4 atom stereocenters. The zero-order valence-electron chi connectivity index (χ0n) is 11.6. The van der Waals surface area contributed by atoms with Crippen LogP contribution in [0.25, 0.3) is 0 Å². The maximum atomic E-state index is 3.99. The number of nitrogens with one attached hydrogen (secondary N) is 1. The van der Waals surface area contributed by atoms with Gasteiger partial charge in [-0.3, -0.25) is 0 Å². The van der Waals surface area contributed by atoms with Crippen LogP contribution in [0.4, 0.5) is 0 Å². The van der Waals surface area contributed by atoms with Gasteiger partial charge < -0.3 is 5.32 Å². The van der Waals surface area contributed by atoms with Crippen LogP contribution in [0.3, 0.4) is 0 Å². The molecule has 0 aromatic heterocycles. The molecule has 2 aliphatic rings. The molecule has 1 N–H and O–H groups in total. The molecule has 94 valence electrons. The van der Waals surface area contributed by atoms with Gasteiger partial charge in [-0.25, -0.2) is 0 Å². The highest BCUT2D eigenvalue weighted by Gasteiger charge is 2.37. The first-order valence-corrected chi connectivity index (χ1v) is 7.27. The third kappa shape index (κ3) is 2.45. The molecule has 0 aromatic carbocycles. The van der Waals surface area contributed by atoms with Crippen molar-refractivity contribution >= 4 is 0 Å². The second kappa shape index (κ2) is 4.68. The highest BCUT2D eigenvalue weighted by atomic mass is 15.0. The van der Waals surface area contributed by atoms with Crippen molar-refractivity contribution in [2.75, 3.05) is 0 Å². The molecular formula is C15H29N. The maximum Gasteiger partial charge on any atom is 0.0121 e. The van der Waals surface area contributed by atoms with Crippen LogP contribution in [0.1, 0.15) is 66.2 Å². The Morgan fingerprint density at radius 3 is 2.31 bits per heavy atom. The van der Waals surface area contributed by atoms with E-state index in [9.17, 15) is 0 Å². The van der Waals surface area contributed by atoms with Gasteiger partial charge in [-0.2, -0.15) is 0 Å².